The number of phenols is 1. The highest BCUT2D eigenvalue weighted by Crippen LogP contribution is 2.34. The number of primary amides is 1. The SMILES string of the molecule is COc1cccc(Nc2c(C(N)=O)cnc3c(C)cc(Cc4cccc(CN(C)C(=O)N5CCN(c6ccc(CCCCNC[C@H](O)c7ccc(O)c8[nH]c(=O)ccc78)cc6)CC5)c4)cc23)c1. The van der Waals surface area contributed by atoms with E-state index in [1.54, 1.807) is 24.1 Å². The van der Waals surface area contributed by atoms with Crippen LogP contribution in [-0.4, -0.2) is 95.3 Å². The second-order valence-electron chi connectivity index (χ2n) is 17.3. The quantitative estimate of drug-likeness (QED) is 0.0498. The normalized spacial score (nSPS) is 13.2. The molecule has 0 aliphatic carbocycles. The van der Waals surface area contributed by atoms with Crippen molar-refractivity contribution in [3.05, 3.63) is 165 Å². The highest BCUT2D eigenvalue weighted by molar-refractivity contribution is 6.08. The number of unbranched alkanes of at least 4 members (excludes halogenated alkanes) is 1. The van der Waals surface area contributed by atoms with Crippen LogP contribution in [0.2, 0.25) is 0 Å². The van der Waals surface area contributed by atoms with Crippen LogP contribution in [0.3, 0.4) is 0 Å². The Kier molecular flexibility index (Phi) is 14.3. The lowest BCUT2D eigenvalue weighted by atomic mass is 9.97. The monoisotopic (exact) mass is 902 g/mol. The summed E-state index contributed by atoms with van der Waals surface area (Å²) in [7, 11) is 3.47. The van der Waals surface area contributed by atoms with Crippen molar-refractivity contribution in [2.45, 2.75) is 45.3 Å². The molecule has 346 valence electrons. The number of piperazine rings is 1. The van der Waals surface area contributed by atoms with E-state index in [9.17, 15) is 24.6 Å². The van der Waals surface area contributed by atoms with Gasteiger partial charge in [-0.05, 0) is 115 Å². The fraction of sp³-hybridized carbons (Fsp3) is 0.283. The lowest BCUT2D eigenvalue weighted by Crippen LogP contribution is -2.52. The first-order valence-electron chi connectivity index (χ1n) is 22.7. The average molecular weight is 903 g/mol. The molecule has 7 N–H and O–H groups in total. The molecule has 8 rings (SSSR count). The van der Waals surface area contributed by atoms with Gasteiger partial charge in [0.15, 0.2) is 0 Å². The van der Waals surface area contributed by atoms with Crippen LogP contribution in [0, 0.1) is 6.92 Å². The van der Waals surface area contributed by atoms with Gasteiger partial charge in [0, 0.05) is 86.8 Å². The van der Waals surface area contributed by atoms with Crippen LogP contribution in [0.5, 0.6) is 11.5 Å². The summed E-state index contributed by atoms with van der Waals surface area (Å²) in [6.07, 6.45) is 4.28. The number of rotatable bonds is 17. The summed E-state index contributed by atoms with van der Waals surface area (Å²) < 4.78 is 5.41. The average Bonchev–Trinajstić information content (AvgIpc) is 3.33. The number of nitrogens with two attached hydrogens (primary N) is 1. The van der Waals surface area contributed by atoms with Crippen molar-refractivity contribution < 1.29 is 24.5 Å². The third kappa shape index (κ3) is 11.0. The van der Waals surface area contributed by atoms with Crippen molar-refractivity contribution in [3.8, 4) is 11.5 Å². The van der Waals surface area contributed by atoms with Crippen LogP contribution in [-0.2, 0) is 19.4 Å². The maximum Gasteiger partial charge on any atom is 0.320 e. The predicted octanol–water partition coefficient (Wildman–Crippen LogP) is 7.55. The number of urea groups is 1. The molecule has 2 aromatic heterocycles. The number of nitrogens with zero attached hydrogens (tertiary/aromatic N) is 4. The molecule has 1 aliphatic heterocycles. The number of nitrogens with one attached hydrogen (secondary N) is 3. The van der Waals surface area contributed by atoms with E-state index in [2.05, 4.69) is 80.1 Å². The van der Waals surface area contributed by atoms with E-state index in [0.29, 0.717) is 66.1 Å². The minimum Gasteiger partial charge on any atom is -0.506 e. The molecule has 67 heavy (non-hydrogen) atoms. The first-order chi connectivity index (χ1) is 32.4. The van der Waals surface area contributed by atoms with Gasteiger partial charge in [-0.2, -0.15) is 0 Å². The summed E-state index contributed by atoms with van der Waals surface area (Å²) in [6, 6.07) is 34.9. The Morgan fingerprint density at radius 2 is 1.66 bits per heavy atom. The molecule has 14 heteroatoms. The number of hydrogen-bond acceptors (Lipinski definition) is 10. The topological polar surface area (TPSA) is 189 Å². The van der Waals surface area contributed by atoms with Gasteiger partial charge in [0.2, 0.25) is 5.56 Å². The number of aromatic nitrogens is 2. The zero-order valence-corrected chi connectivity index (χ0v) is 38.2. The van der Waals surface area contributed by atoms with E-state index in [0.717, 1.165) is 83.4 Å². The number of ether oxygens (including phenoxy) is 1. The fourth-order valence-corrected chi connectivity index (χ4v) is 8.99. The van der Waals surface area contributed by atoms with Gasteiger partial charge >= 0.3 is 6.03 Å². The second kappa shape index (κ2) is 20.8. The molecule has 0 spiro atoms. The van der Waals surface area contributed by atoms with Crippen LogP contribution >= 0.6 is 0 Å². The number of anilines is 3. The molecule has 1 saturated heterocycles. The molecule has 3 heterocycles. The first kappa shape index (κ1) is 46.1. The summed E-state index contributed by atoms with van der Waals surface area (Å²) in [5.41, 5.74) is 15.5. The van der Waals surface area contributed by atoms with Crippen molar-refractivity contribution in [1.29, 1.82) is 0 Å². The summed E-state index contributed by atoms with van der Waals surface area (Å²) in [6.45, 7) is 6.39. The minimum absolute atomic E-state index is 0.00906. The van der Waals surface area contributed by atoms with E-state index >= 15 is 0 Å². The van der Waals surface area contributed by atoms with Gasteiger partial charge in [-0.1, -0.05) is 54.6 Å². The van der Waals surface area contributed by atoms with Crippen LogP contribution < -0.4 is 31.6 Å². The predicted molar refractivity (Wildman–Crippen MR) is 265 cm³/mol. The number of aromatic hydroxyl groups is 1. The number of aliphatic hydroxyl groups excluding tert-OH is 1. The minimum atomic E-state index is -0.781. The number of carbonyl (C=O) groups excluding carboxylic acids is 2. The number of phenolic OH excluding ortho intramolecular Hbond substituents is 1. The number of H-pyrrole nitrogens is 1. The molecular weight excluding hydrogens is 845 g/mol. The van der Waals surface area contributed by atoms with Crippen molar-refractivity contribution in [2.24, 2.45) is 5.73 Å². The number of methoxy groups -OCH3 is 1. The Balaban J connectivity index is 0.798. The Morgan fingerprint density at radius 1 is 0.881 bits per heavy atom. The maximum absolute atomic E-state index is 13.7. The Hall–Kier alpha value is -7.42. The zero-order chi connectivity index (χ0) is 47.0. The Morgan fingerprint density at radius 3 is 2.43 bits per heavy atom. The molecule has 0 saturated carbocycles. The van der Waals surface area contributed by atoms with Gasteiger partial charge in [-0.15, -0.1) is 0 Å². The molecule has 5 aromatic carbocycles. The van der Waals surface area contributed by atoms with Gasteiger partial charge in [0.25, 0.3) is 5.91 Å². The highest BCUT2D eigenvalue weighted by Gasteiger charge is 2.24. The molecule has 7 aromatic rings. The summed E-state index contributed by atoms with van der Waals surface area (Å²) >= 11 is 0. The van der Waals surface area contributed by atoms with Crippen LogP contribution in [0.25, 0.3) is 21.8 Å². The number of benzene rings is 5. The number of hydrogen-bond donors (Lipinski definition) is 6. The molecule has 14 nitrogen and oxygen atoms in total. The van der Waals surface area contributed by atoms with Gasteiger partial charge < -0.3 is 51.0 Å². The zero-order valence-electron chi connectivity index (χ0n) is 38.2. The number of aromatic amines is 1. The lowest BCUT2D eigenvalue weighted by molar-refractivity contribution is 0.100. The van der Waals surface area contributed by atoms with Crippen molar-refractivity contribution in [2.75, 3.05) is 63.6 Å². The first-order valence-corrected chi connectivity index (χ1v) is 22.7. The number of pyridine rings is 2. The number of aryl methyl sites for hydroxylation is 2. The van der Waals surface area contributed by atoms with E-state index < -0.39 is 12.0 Å². The van der Waals surface area contributed by atoms with Crippen molar-refractivity contribution in [1.82, 2.24) is 25.1 Å². The molecule has 0 unspecified atom stereocenters. The summed E-state index contributed by atoms with van der Waals surface area (Å²) in [4.78, 5) is 51.3. The molecule has 1 fully saturated rings. The largest absolute Gasteiger partial charge is 0.506 e. The molecule has 1 atom stereocenters. The van der Waals surface area contributed by atoms with Crippen LogP contribution in [0.15, 0.2) is 120 Å². The second-order valence-corrected chi connectivity index (χ2v) is 17.3. The third-order valence-electron chi connectivity index (χ3n) is 12.5. The van der Waals surface area contributed by atoms with E-state index in [4.69, 9.17) is 10.5 Å². The number of amides is 3. The van der Waals surface area contributed by atoms with Crippen molar-refractivity contribution in [3.63, 3.8) is 0 Å². The number of aliphatic hydroxyl groups is 1. The fourth-order valence-electron chi connectivity index (χ4n) is 8.99. The van der Waals surface area contributed by atoms with Gasteiger partial charge in [0.1, 0.15) is 11.5 Å². The smallest absolute Gasteiger partial charge is 0.320 e. The highest BCUT2D eigenvalue weighted by atomic mass is 16.5. The van der Waals surface area contributed by atoms with E-state index in [1.807, 2.05) is 49.2 Å². The standard InChI is InChI=1S/C53H58N8O6/c1-34-26-38(29-44-49(34)56-31-45(52(54)65)50(44)57-39-11-7-12-41(30-39)67-3)28-36-9-6-10-37(27-36)33-59(2)53(66)61-24-22-60(23-25-61)40-15-13-35(14-16-40)8-4-5-21-55-32-47(63)42-17-19-46(62)51-43(42)18-20-48(64)58-51/h6-7,9-20,26-27,29-31,47,55,62-63H,4-5,8,21-25,28,32-33H2,1-3H3,(H2,54,65)(H,56,57)(H,58,64)/t47-/m0/s1. The van der Waals surface area contributed by atoms with E-state index in [-0.39, 0.29) is 17.3 Å². The summed E-state index contributed by atoms with van der Waals surface area (Å²) in [5, 5.41) is 29.1. The maximum atomic E-state index is 13.7. The molecule has 0 radical (unpaired) electrons. The third-order valence-corrected chi connectivity index (χ3v) is 12.5. The number of carbonyl (C=O) groups is 2. The van der Waals surface area contributed by atoms with E-state index in [1.165, 1.54) is 23.9 Å². The van der Waals surface area contributed by atoms with Gasteiger partial charge in [0.05, 0.1) is 35.5 Å². The Labute approximate surface area is 390 Å². The van der Waals surface area contributed by atoms with Crippen LogP contribution in [0.1, 0.15) is 62.7 Å². The summed E-state index contributed by atoms with van der Waals surface area (Å²) in [5.74, 6) is 0.0872. The number of fused-ring (bicyclic) bond motifs is 2. The molecule has 3 amide bonds. The van der Waals surface area contributed by atoms with Gasteiger partial charge in [-0.25, -0.2) is 4.79 Å². The Bertz CT molecular complexity index is 2950. The van der Waals surface area contributed by atoms with Crippen molar-refractivity contribution >= 4 is 50.8 Å². The molecule has 1 aliphatic rings. The lowest BCUT2D eigenvalue weighted by Gasteiger charge is -2.37. The van der Waals surface area contributed by atoms with Crippen LogP contribution in [0.4, 0.5) is 21.9 Å². The molecular formula is C53H58N8O6. The van der Waals surface area contributed by atoms with Gasteiger partial charge in [-0.3, -0.25) is 14.6 Å². The molecule has 0 bridgehead atoms.